The van der Waals surface area contributed by atoms with E-state index in [9.17, 15) is 8.78 Å². The second-order valence-corrected chi connectivity index (χ2v) is 7.97. The van der Waals surface area contributed by atoms with Crippen molar-refractivity contribution >= 4 is 5.82 Å². The molecule has 0 amide bonds. The minimum Gasteiger partial charge on any atom is -0.457 e. The normalized spacial score (nSPS) is 16.6. The Balaban J connectivity index is 1.39. The van der Waals surface area contributed by atoms with Crippen molar-refractivity contribution < 1.29 is 13.5 Å². The van der Waals surface area contributed by atoms with Crippen molar-refractivity contribution in [3.05, 3.63) is 54.0 Å². The van der Waals surface area contributed by atoms with Crippen LogP contribution in [0, 0.1) is 5.92 Å². The number of benzene rings is 1. The van der Waals surface area contributed by atoms with Gasteiger partial charge in [-0.3, -0.25) is 0 Å². The fourth-order valence-electron chi connectivity index (χ4n) is 3.81. The van der Waals surface area contributed by atoms with Crippen LogP contribution in [0.15, 0.2) is 42.7 Å². The third-order valence-corrected chi connectivity index (χ3v) is 5.43. The maximum absolute atomic E-state index is 13.6. The number of anilines is 1. The zero-order valence-electron chi connectivity index (χ0n) is 17.7. The van der Waals surface area contributed by atoms with Gasteiger partial charge in [-0.05, 0) is 37.0 Å². The Hall–Kier alpha value is -3.10. The molecule has 0 saturated carbocycles. The van der Waals surface area contributed by atoms with Gasteiger partial charge in [0.15, 0.2) is 0 Å². The number of ether oxygens (including phenoxy) is 1. The summed E-state index contributed by atoms with van der Waals surface area (Å²) >= 11 is 0. The summed E-state index contributed by atoms with van der Waals surface area (Å²) in [6, 6.07) is 8.23. The van der Waals surface area contributed by atoms with E-state index in [-0.39, 0.29) is 18.2 Å². The van der Waals surface area contributed by atoms with Crippen molar-refractivity contribution in [2.75, 3.05) is 18.0 Å². The summed E-state index contributed by atoms with van der Waals surface area (Å²) in [5.41, 5.74) is 0.977. The molecule has 3 heterocycles. The van der Waals surface area contributed by atoms with E-state index >= 15 is 0 Å². The van der Waals surface area contributed by atoms with Gasteiger partial charge < -0.3 is 9.64 Å². The van der Waals surface area contributed by atoms with Crippen LogP contribution in [0.3, 0.4) is 0 Å². The largest absolute Gasteiger partial charge is 0.457 e. The van der Waals surface area contributed by atoms with Gasteiger partial charge in [0, 0.05) is 31.8 Å². The van der Waals surface area contributed by atoms with Crippen molar-refractivity contribution in [2.45, 2.75) is 45.6 Å². The smallest absolute Gasteiger partial charge is 0.318 e. The van der Waals surface area contributed by atoms with Gasteiger partial charge in [-0.25, -0.2) is 18.4 Å². The average Bonchev–Trinajstić information content (AvgIpc) is 3.42. The Morgan fingerprint density at radius 3 is 2.94 bits per heavy atom. The number of hydrogen-bond acceptors (Lipinski definition) is 6. The van der Waals surface area contributed by atoms with E-state index < -0.39 is 5.92 Å². The molecule has 0 aliphatic carbocycles. The van der Waals surface area contributed by atoms with Crippen LogP contribution in [0.5, 0.6) is 6.01 Å². The summed E-state index contributed by atoms with van der Waals surface area (Å²) in [7, 11) is 0. The molecule has 0 N–H and O–H groups in total. The summed E-state index contributed by atoms with van der Waals surface area (Å²) in [6.07, 6.45) is 6.95. The van der Waals surface area contributed by atoms with Crippen LogP contribution in [0.4, 0.5) is 14.6 Å². The van der Waals surface area contributed by atoms with Gasteiger partial charge in [0.25, 0.3) is 5.92 Å². The van der Waals surface area contributed by atoms with E-state index in [0.717, 1.165) is 25.8 Å². The van der Waals surface area contributed by atoms with Crippen LogP contribution in [-0.4, -0.2) is 38.1 Å². The predicted octanol–water partition coefficient (Wildman–Crippen LogP) is 4.37. The van der Waals surface area contributed by atoms with E-state index in [1.807, 2.05) is 6.07 Å². The van der Waals surface area contributed by atoms with Crippen LogP contribution in [0.2, 0.25) is 0 Å². The molecule has 9 heteroatoms. The molecular formula is C22H26F2N6O. The monoisotopic (exact) mass is 428 g/mol. The number of alkyl halides is 2. The highest BCUT2D eigenvalue weighted by Crippen LogP contribution is 2.28. The van der Waals surface area contributed by atoms with Crippen molar-refractivity contribution in [1.82, 2.24) is 25.0 Å². The molecule has 2 aromatic heterocycles. The van der Waals surface area contributed by atoms with E-state index in [1.165, 1.54) is 36.1 Å². The first-order valence-corrected chi connectivity index (χ1v) is 10.5. The summed E-state index contributed by atoms with van der Waals surface area (Å²) < 4.78 is 34.3. The van der Waals surface area contributed by atoms with Gasteiger partial charge in [-0.15, -0.1) is 5.10 Å². The van der Waals surface area contributed by atoms with Gasteiger partial charge in [-0.2, -0.15) is 4.98 Å². The van der Waals surface area contributed by atoms with Crippen molar-refractivity contribution in [3.63, 3.8) is 0 Å². The van der Waals surface area contributed by atoms with E-state index in [0.29, 0.717) is 17.3 Å². The van der Waals surface area contributed by atoms with E-state index in [2.05, 4.69) is 32.1 Å². The highest BCUT2D eigenvalue weighted by atomic mass is 19.3. The quantitative estimate of drug-likeness (QED) is 0.531. The average molecular weight is 428 g/mol. The first-order valence-electron chi connectivity index (χ1n) is 10.5. The van der Waals surface area contributed by atoms with Crippen LogP contribution >= 0.6 is 0 Å². The summed E-state index contributed by atoms with van der Waals surface area (Å²) in [4.78, 5) is 11.0. The Bertz CT molecular complexity index is 1020. The molecule has 3 aromatic rings. The fraction of sp³-hybridized carbons (Fsp3) is 0.455. The summed E-state index contributed by atoms with van der Waals surface area (Å²) in [6.45, 7) is 5.21. The minimum atomic E-state index is -2.92. The third-order valence-electron chi connectivity index (χ3n) is 5.43. The molecule has 164 valence electrons. The molecule has 1 aliphatic heterocycles. The Morgan fingerprint density at radius 2 is 2.13 bits per heavy atom. The lowest BCUT2D eigenvalue weighted by atomic mass is 10.0. The molecule has 1 saturated heterocycles. The maximum Gasteiger partial charge on any atom is 0.318 e. The molecule has 1 unspecified atom stereocenters. The molecule has 1 aliphatic rings. The molecular weight excluding hydrogens is 402 g/mol. The van der Waals surface area contributed by atoms with Crippen LogP contribution in [0.25, 0.3) is 5.69 Å². The SMILES string of the molecule is CCCC1CCN(c2ccnc(OCc3cn(-c4cccc(C(C)(F)F)c4)nn3)n2)C1. The lowest BCUT2D eigenvalue weighted by Crippen LogP contribution is -2.21. The fourth-order valence-corrected chi connectivity index (χ4v) is 3.81. The second kappa shape index (κ2) is 8.95. The highest BCUT2D eigenvalue weighted by Gasteiger charge is 2.25. The number of hydrogen-bond donors (Lipinski definition) is 0. The van der Waals surface area contributed by atoms with E-state index in [4.69, 9.17) is 4.74 Å². The predicted molar refractivity (Wildman–Crippen MR) is 113 cm³/mol. The van der Waals surface area contributed by atoms with Crippen molar-refractivity contribution in [1.29, 1.82) is 0 Å². The first-order chi connectivity index (χ1) is 14.9. The number of aromatic nitrogens is 5. The third kappa shape index (κ3) is 5.15. The van der Waals surface area contributed by atoms with Crippen molar-refractivity contribution in [2.24, 2.45) is 5.92 Å². The molecule has 0 spiro atoms. The lowest BCUT2D eigenvalue weighted by molar-refractivity contribution is 0.0174. The molecule has 1 aromatic carbocycles. The Kier molecular flexibility index (Phi) is 6.11. The van der Waals surface area contributed by atoms with Gasteiger partial charge in [-0.1, -0.05) is 30.7 Å². The van der Waals surface area contributed by atoms with Crippen molar-refractivity contribution in [3.8, 4) is 11.7 Å². The lowest BCUT2D eigenvalue weighted by Gasteiger charge is -2.17. The standard InChI is InChI=1S/C22H26F2N6O/c1-3-5-16-9-11-29(13-16)20-8-10-25-21(26-20)31-15-18-14-30(28-27-18)19-7-4-6-17(12-19)22(2,23)24/h4,6-8,10,12,14,16H,3,5,9,11,13,15H2,1-2H3. The number of rotatable bonds is 8. The molecule has 31 heavy (non-hydrogen) atoms. The first kappa shape index (κ1) is 21.1. The molecule has 0 radical (unpaired) electrons. The Morgan fingerprint density at radius 1 is 1.26 bits per heavy atom. The molecule has 1 fully saturated rings. The molecule has 1 atom stereocenters. The number of halogens is 2. The summed E-state index contributed by atoms with van der Waals surface area (Å²) in [5, 5.41) is 8.09. The molecule has 4 rings (SSSR count). The van der Waals surface area contributed by atoms with Gasteiger partial charge in [0.05, 0.1) is 11.9 Å². The number of nitrogens with zero attached hydrogens (tertiary/aromatic N) is 6. The van der Waals surface area contributed by atoms with Gasteiger partial charge in [0.1, 0.15) is 18.1 Å². The highest BCUT2D eigenvalue weighted by molar-refractivity contribution is 5.39. The second-order valence-electron chi connectivity index (χ2n) is 7.97. The zero-order chi connectivity index (χ0) is 21.8. The summed E-state index contributed by atoms with van der Waals surface area (Å²) in [5.74, 6) is -1.34. The van der Waals surface area contributed by atoms with Crippen LogP contribution in [-0.2, 0) is 12.5 Å². The van der Waals surface area contributed by atoms with Gasteiger partial charge in [0.2, 0.25) is 0 Å². The topological polar surface area (TPSA) is 69.0 Å². The zero-order valence-corrected chi connectivity index (χ0v) is 17.7. The van der Waals surface area contributed by atoms with Gasteiger partial charge >= 0.3 is 6.01 Å². The molecule has 0 bridgehead atoms. The maximum atomic E-state index is 13.6. The molecule has 7 nitrogen and oxygen atoms in total. The Labute approximate surface area is 180 Å². The minimum absolute atomic E-state index is 0.0772. The van der Waals surface area contributed by atoms with Crippen LogP contribution < -0.4 is 9.64 Å². The van der Waals surface area contributed by atoms with Crippen LogP contribution in [0.1, 0.15) is 44.4 Å². The van der Waals surface area contributed by atoms with E-state index in [1.54, 1.807) is 24.5 Å².